The van der Waals surface area contributed by atoms with Gasteiger partial charge in [-0.25, -0.2) is 9.13 Å². The van der Waals surface area contributed by atoms with E-state index in [-0.39, 0.29) is 13.2 Å². The van der Waals surface area contributed by atoms with Gasteiger partial charge in [0.1, 0.15) is 0 Å². The summed E-state index contributed by atoms with van der Waals surface area (Å²) in [5.74, 6) is -0.498. The Morgan fingerprint density at radius 3 is 2.05 bits per heavy atom. The van der Waals surface area contributed by atoms with Gasteiger partial charge in [0.2, 0.25) is 0 Å². The molecule has 0 aromatic rings. The maximum Gasteiger partial charge on any atom is 0.471 e. The molecular formula is C4H15N3O11P2S. The molecular weight excluding hydrogens is 360 g/mol. The van der Waals surface area contributed by atoms with Gasteiger partial charge in [0.25, 0.3) is 0 Å². The number of phosphoric acid groups is 1. The fourth-order valence-electron chi connectivity index (χ4n) is 0.560. The molecule has 1 unspecified atom stereocenters. The maximum absolute atomic E-state index is 10.7. The van der Waals surface area contributed by atoms with Crippen LogP contribution in [0.5, 0.6) is 0 Å². The Morgan fingerprint density at radius 2 is 1.71 bits per heavy atom. The maximum atomic E-state index is 10.7. The molecule has 0 heterocycles. The molecule has 0 saturated heterocycles. The number of hydrogen-bond donors (Lipinski definition) is 7. The first-order valence-electron chi connectivity index (χ1n) is 4.53. The van der Waals surface area contributed by atoms with Gasteiger partial charge in [-0.05, 0) is 0 Å². The highest BCUT2D eigenvalue weighted by atomic mass is 32.3. The zero-order valence-electron chi connectivity index (χ0n) is 10.4. The highest BCUT2D eigenvalue weighted by molar-refractivity contribution is 7.79. The fourth-order valence-corrected chi connectivity index (χ4v) is 1.35. The van der Waals surface area contributed by atoms with Gasteiger partial charge in [0.15, 0.2) is 5.96 Å². The van der Waals surface area contributed by atoms with E-state index in [1.165, 1.54) is 0 Å². The average Bonchev–Trinajstić information content (AvgIpc) is 2.19. The van der Waals surface area contributed by atoms with Crippen molar-refractivity contribution in [2.75, 3.05) is 20.3 Å². The van der Waals surface area contributed by atoms with Gasteiger partial charge in [-0.3, -0.25) is 28.2 Å². The minimum Gasteiger partial charge on any atom is -0.370 e. The summed E-state index contributed by atoms with van der Waals surface area (Å²) in [6.45, 7) is -0.447. The van der Waals surface area contributed by atoms with Gasteiger partial charge in [-0.15, -0.1) is 0 Å². The third-order valence-electron chi connectivity index (χ3n) is 1.12. The van der Waals surface area contributed by atoms with Crippen molar-refractivity contribution in [3.8, 4) is 0 Å². The van der Waals surface area contributed by atoms with Crippen molar-refractivity contribution in [1.29, 1.82) is 0 Å². The van der Waals surface area contributed by atoms with E-state index in [0.717, 1.165) is 7.11 Å². The van der Waals surface area contributed by atoms with Crippen LogP contribution >= 0.6 is 15.6 Å². The number of phosphoric ester groups is 1. The normalized spacial score (nSPS) is 15.6. The van der Waals surface area contributed by atoms with Crippen LogP contribution in [0.3, 0.4) is 0 Å². The Kier molecular flexibility index (Phi) is 10.2. The molecule has 17 heteroatoms. The van der Waals surface area contributed by atoms with Crippen LogP contribution in [-0.2, 0) is 28.6 Å². The molecule has 14 nitrogen and oxygen atoms in total. The Balaban J connectivity index is 0. The van der Waals surface area contributed by atoms with Gasteiger partial charge in [0.05, 0.1) is 13.2 Å². The standard InChI is InChI=1S/C4H13N3O7P2.H2O4S/c1-13-16(11,12)14-3-2-6-4(5)7-15(8,9)10;1-5(2,3)4/h2-3H2,1H3,(H,11,12)(H5,5,6,7,8,9,10);(H2,1,2,3,4). The Morgan fingerprint density at radius 1 is 1.29 bits per heavy atom. The van der Waals surface area contributed by atoms with Crippen LogP contribution in [0.15, 0.2) is 4.99 Å². The van der Waals surface area contributed by atoms with Crippen LogP contribution in [0.4, 0.5) is 0 Å². The molecule has 128 valence electrons. The zero-order chi connectivity index (χ0) is 17.3. The predicted octanol–water partition coefficient (Wildman–Crippen LogP) is -1.91. The monoisotopic (exact) mass is 375 g/mol. The van der Waals surface area contributed by atoms with Crippen molar-refractivity contribution in [3.63, 3.8) is 0 Å². The Hall–Kier alpha value is -0.600. The number of rotatable bonds is 6. The highest BCUT2D eigenvalue weighted by Gasteiger charge is 2.17. The average molecular weight is 375 g/mol. The number of nitrogens with zero attached hydrogens (tertiary/aromatic N) is 1. The van der Waals surface area contributed by atoms with Crippen molar-refractivity contribution in [2.45, 2.75) is 0 Å². The van der Waals surface area contributed by atoms with E-state index in [2.05, 4.69) is 14.0 Å². The van der Waals surface area contributed by atoms with Crippen molar-refractivity contribution >= 4 is 31.9 Å². The van der Waals surface area contributed by atoms with E-state index in [1.807, 2.05) is 0 Å². The van der Waals surface area contributed by atoms with Gasteiger partial charge in [0, 0.05) is 7.11 Å². The van der Waals surface area contributed by atoms with Crippen LogP contribution in [0.1, 0.15) is 0 Å². The van der Waals surface area contributed by atoms with Crippen molar-refractivity contribution in [1.82, 2.24) is 5.09 Å². The fraction of sp³-hybridized carbons (Fsp3) is 0.750. The number of guanidine groups is 1. The molecule has 21 heavy (non-hydrogen) atoms. The van der Waals surface area contributed by atoms with Crippen LogP contribution in [0.25, 0.3) is 0 Å². The van der Waals surface area contributed by atoms with Crippen molar-refractivity contribution in [3.05, 3.63) is 0 Å². The SMILES string of the molecule is COP(=O)(O)OCCN=C(N)NP(=O)(O)O.O=S(=O)(O)O. The summed E-state index contributed by atoms with van der Waals surface area (Å²) >= 11 is 0. The van der Waals surface area contributed by atoms with Crippen LogP contribution in [-0.4, -0.2) is 58.4 Å². The molecule has 0 aromatic carbocycles. The van der Waals surface area contributed by atoms with E-state index in [1.54, 1.807) is 5.09 Å². The molecule has 0 saturated carbocycles. The molecule has 0 amide bonds. The molecule has 0 aliphatic rings. The predicted molar refractivity (Wildman–Crippen MR) is 68.6 cm³/mol. The number of nitrogens with one attached hydrogen (secondary N) is 1. The molecule has 0 aromatic heterocycles. The van der Waals surface area contributed by atoms with E-state index < -0.39 is 31.9 Å². The summed E-state index contributed by atoms with van der Waals surface area (Å²) in [5.41, 5.74) is 5.07. The van der Waals surface area contributed by atoms with Gasteiger partial charge >= 0.3 is 26.0 Å². The number of aliphatic imine (C=N–C) groups is 1. The molecule has 1 atom stereocenters. The Bertz CT molecular complexity index is 518. The highest BCUT2D eigenvalue weighted by Crippen LogP contribution is 2.41. The molecule has 0 bridgehead atoms. The van der Waals surface area contributed by atoms with Crippen LogP contribution < -0.4 is 10.8 Å². The first-order valence-corrected chi connectivity index (χ1v) is 9.03. The van der Waals surface area contributed by atoms with E-state index in [0.29, 0.717) is 0 Å². The van der Waals surface area contributed by atoms with Crippen LogP contribution in [0, 0.1) is 0 Å². The topological polar surface area (TPSA) is 238 Å². The first kappa shape index (κ1) is 22.7. The third kappa shape index (κ3) is 24.8. The summed E-state index contributed by atoms with van der Waals surface area (Å²) in [7, 11) is -12.2. The largest absolute Gasteiger partial charge is 0.471 e. The molecule has 0 aliphatic carbocycles. The lowest BCUT2D eigenvalue weighted by Gasteiger charge is -2.08. The second kappa shape index (κ2) is 9.42. The minimum absolute atomic E-state index is 0.160. The molecule has 0 aliphatic heterocycles. The second-order valence-corrected chi connectivity index (χ2v) is 6.62. The number of hydrogen-bond acceptors (Lipinski definition) is 7. The molecule has 0 fully saturated rings. The molecule has 8 N–H and O–H groups in total. The lowest BCUT2D eigenvalue weighted by Crippen LogP contribution is -2.29. The summed E-state index contributed by atoms with van der Waals surface area (Å²) < 4.78 is 61.2. The van der Waals surface area contributed by atoms with E-state index in [4.69, 9.17) is 37.9 Å². The molecule has 0 radical (unpaired) electrons. The lowest BCUT2D eigenvalue weighted by atomic mass is 10.7. The summed E-state index contributed by atoms with van der Waals surface area (Å²) in [4.78, 5) is 29.0. The van der Waals surface area contributed by atoms with Gasteiger partial charge < -0.3 is 20.4 Å². The lowest BCUT2D eigenvalue weighted by molar-refractivity contribution is 0.177. The number of nitrogens with two attached hydrogens (primary N) is 1. The van der Waals surface area contributed by atoms with Crippen molar-refractivity contribution in [2.24, 2.45) is 10.7 Å². The summed E-state index contributed by atoms with van der Waals surface area (Å²) in [5, 5.41) is 1.61. The minimum atomic E-state index is -4.67. The van der Waals surface area contributed by atoms with Gasteiger partial charge in [-0.1, -0.05) is 0 Å². The van der Waals surface area contributed by atoms with Gasteiger partial charge in [-0.2, -0.15) is 8.42 Å². The summed E-state index contributed by atoms with van der Waals surface area (Å²) in [6.07, 6.45) is 0. The van der Waals surface area contributed by atoms with Crippen LogP contribution in [0.2, 0.25) is 0 Å². The quantitative estimate of drug-likeness (QED) is 0.0882. The third-order valence-corrected chi connectivity index (χ3v) is 2.61. The first-order chi connectivity index (χ1) is 9.16. The summed E-state index contributed by atoms with van der Waals surface area (Å²) in [6, 6.07) is 0. The zero-order valence-corrected chi connectivity index (χ0v) is 13.0. The molecule has 0 spiro atoms. The van der Waals surface area contributed by atoms with Crippen molar-refractivity contribution < 1.29 is 50.4 Å². The molecule has 0 rings (SSSR count). The Labute approximate surface area is 119 Å². The second-order valence-electron chi connectivity index (χ2n) is 2.85. The smallest absolute Gasteiger partial charge is 0.370 e. The van der Waals surface area contributed by atoms with E-state index in [9.17, 15) is 9.13 Å². The van der Waals surface area contributed by atoms with E-state index >= 15 is 0 Å².